The second kappa shape index (κ2) is 4.79. The highest BCUT2D eigenvalue weighted by atomic mass is 35.5. The normalized spacial score (nSPS) is 20.9. The van der Waals surface area contributed by atoms with Crippen LogP contribution in [0.15, 0.2) is 0 Å². The third kappa shape index (κ3) is 2.59. The van der Waals surface area contributed by atoms with Crippen LogP contribution < -0.4 is 10.6 Å². The van der Waals surface area contributed by atoms with Crippen LogP contribution in [0.1, 0.15) is 17.7 Å². The van der Waals surface area contributed by atoms with Crippen molar-refractivity contribution in [3.05, 3.63) is 10.0 Å². The molecule has 0 saturated carbocycles. The Labute approximate surface area is 97.3 Å². The van der Waals surface area contributed by atoms with Gasteiger partial charge in [-0.15, -0.1) is 0 Å². The molecule has 1 atom stereocenters. The van der Waals surface area contributed by atoms with Crippen LogP contribution in [0.25, 0.3) is 0 Å². The third-order valence-corrected chi connectivity index (χ3v) is 3.59. The standard InChI is InChI=1S/C9H11ClN4S/c10-8-7(4-11)15-9(14-8)13-6-2-1-3-12-5-6/h6,12H,1-3,5H2,(H,13,14). The van der Waals surface area contributed by atoms with Gasteiger partial charge in [0.2, 0.25) is 0 Å². The highest BCUT2D eigenvalue weighted by Gasteiger charge is 2.15. The van der Waals surface area contributed by atoms with Gasteiger partial charge in [0.05, 0.1) is 0 Å². The minimum Gasteiger partial charge on any atom is -0.357 e. The van der Waals surface area contributed by atoms with Crippen LogP contribution in [-0.2, 0) is 0 Å². The van der Waals surface area contributed by atoms with E-state index < -0.39 is 0 Å². The maximum absolute atomic E-state index is 8.73. The van der Waals surface area contributed by atoms with Gasteiger partial charge in [-0.2, -0.15) is 5.26 Å². The summed E-state index contributed by atoms with van der Waals surface area (Å²) in [6.45, 7) is 2.03. The first-order chi connectivity index (χ1) is 7.29. The van der Waals surface area contributed by atoms with Crippen molar-refractivity contribution >= 4 is 28.1 Å². The fraction of sp³-hybridized carbons (Fsp3) is 0.556. The van der Waals surface area contributed by atoms with Crippen molar-refractivity contribution in [3.8, 4) is 6.07 Å². The van der Waals surface area contributed by atoms with E-state index >= 15 is 0 Å². The molecule has 0 amide bonds. The van der Waals surface area contributed by atoms with Gasteiger partial charge in [0.25, 0.3) is 0 Å². The summed E-state index contributed by atoms with van der Waals surface area (Å²) in [5.41, 5.74) is 0. The summed E-state index contributed by atoms with van der Waals surface area (Å²) in [6.07, 6.45) is 2.30. The summed E-state index contributed by atoms with van der Waals surface area (Å²) in [7, 11) is 0. The van der Waals surface area contributed by atoms with Crippen molar-refractivity contribution < 1.29 is 0 Å². The third-order valence-electron chi connectivity index (χ3n) is 2.31. The number of nitrogens with one attached hydrogen (secondary N) is 2. The number of nitriles is 1. The van der Waals surface area contributed by atoms with Gasteiger partial charge in [-0.1, -0.05) is 22.9 Å². The van der Waals surface area contributed by atoms with E-state index in [1.54, 1.807) is 0 Å². The van der Waals surface area contributed by atoms with Crippen LogP contribution in [-0.4, -0.2) is 24.1 Å². The van der Waals surface area contributed by atoms with E-state index in [4.69, 9.17) is 16.9 Å². The van der Waals surface area contributed by atoms with E-state index in [1.807, 2.05) is 6.07 Å². The SMILES string of the molecule is N#Cc1sc(NC2CCCNC2)nc1Cl. The van der Waals surface area contributed by atoms with Crippen LogP contribution in [0.5, 0.6) is 0 Å². The number of hydrogen-bond acceptors (Lipinski definition) is 5. The molecule has 15 heavy (non-hydrogen) atoms. The summed E-state index contributed by atoms with van der Waals surface area (Å²) in [6, 6.07) is 2.42. The summed E-state index contributed by atoms with van der Waals surface area (Å²) in [5.74, 6) is 0. The molecule has 0 spiro atoms. The lowest BCUT2D eigenvalue weighted by Gasteiger charge is -2.23. The summed E-state index contributed by atoms with van der Waals surface area (Å²) in [4.78, 5) is 4.57. The maximum Gasteiger partial charge on any atom is 0.185 e. The molecule has 0 aromatic carbocycles. The Bertz CT molecular complexity index is 378. The molecule has 0 bridgehead atoms. The van der Waals surface area contributed by atoms with E-state index in [0.29, 0.717) is 16.1 Å². The van der Waals surface area contributed by atoms with Crippen molar-refractivity contribution in [1.82, 2.24) is 10.3 Å². The first-order valence-electron chi connectivity index (χ1n) is 4.83. The van der Waals surface area contributed by atoms with Gasteiger partial charge in [0, 0.05) is 12.6 Å². The number of rotatable bonds is 2. The molecule has 80 valence electrons. The fourth-order valence-electron chi connectivity index (χ4n) is 1.58. The lowest BCUT2D eigenvalue weighted by molar-refractivity contribution is 0.480. The molecule has 1 aliphatic heterocycles. The van der Waals surface area contributed by atoms with E-state index in [1.165, 1.54) is 17.8 Å². The lowest BCUT2D eigenvalue weighted by Crippen LogP contribution is -2.38. The van der Waals surface area contributed by atoms with Gasteiger partial charge in [-0.3, -0.25) is 0 Å². The van der Waals surface area contributed by atoms with E-state index in [0.717, 1.165) is 24.6 Å². The zero-order chi connectivity index (χ0) is 10.7. The van der Waals surface area contributed by atoms with Gasteiger partial charge in [-0.05, 0) is 19.4 Å². The number of hydrogen-bond donors (Lipinski definition) is 2. The van der Waals surface area contributed by atoms with E-state index in [2.05, 4.69) is 15.6 Å². The molecule has 1 aliphatic rings. The van der Waals surface area contributed by atoms with E-state index in [-0.39, 0.29) is 0 Å². The molecule has 4 nitrogen and oxygen atoms in total. The molecule has 6 heteroatoms. The quantitative estimate of drug-likeness (QED) is 0.831. The van der Waals surface area contributed by atoms with Crippen LogP contribution in [0.3, 0.4) is 0 Å². The van der Waals surface area contributed by atoms with Gasteiger partial charge in [0.1, 0.15) is 10.9 Å². The van der Waals surface area contributed by atoms with Crippen molar-refractivity contribution in [2.24, 2.45) is 0 Å². The number of anilines is 1. The predicted octanol–water partition coefficient (Wildman–Crippen LogP) is 1.83. The molecule has 2 rings (SSSR count). The average Bonchev–Trinajstić information content (AvgIpc) is 2.60. The molecule has 0 aliphatic carbocycles. The van der Waals surface area contributed by atoms with Crippen LogP contribution in [0.4, 0.5) is 5.13 Å². The molecule has 1 unspecified atom stereocenters. The minimum absolute atomic E-state index is 0.300. The second-order valence-corrected chi connectivity index (χ2v) is 4.80. The largest absolute Gasteiger partial charge is 0.357 e. The Hall–Kier alpha value is -0.830. The average molecular weight is 243 g/mol. The Kier molecular flexibility index (Phi) is 3.41. The molecule has 2 N–H and O–H groups in total. The van der Waals surface area contributed by atoms with Gasteiger partial charge < -0.3 is 10.6 Å². The Morgan fingerprint density at radius 1 is 1.67 bits per heavy atom. The second-order valence-electron chi connectivity index (χ2n) is 3.44. The number of piperidine rings is 1. The molecule has 1 aromatic rings. The van der Waals surface area contributed by atoms with Crippen LogP contribution in [0.2, 0.25) is 5.15 Å². The van der Waals surface area contributed by atoms with Crippen LogP contribution in [0, 0.1) is 11.3 Å². The monoisotopic (exact) mass is 242 g/mol. The Morgan fingerprint density at radius 2 is 2.53 bits per heavy atom. The number of halogens is 1. The number of nitrogens with zero attached hydrogens (tertiary/aromatic N) is 2. The van der Waals surface area contributed by atoms with Gasteiger partial charge in [-0.25, -0.2) is 4.98 Å². The van der Waals surface area contributed by atoms with Crippen molar-refractivity contribution in [3.63, 3.8) is 0 Å². The predicted molar refractivity (Wildman–Crippen MR) is 61.4 cm³/mol. The van der Waals surface area contributed by atoms with Crippen LogP contribution >= 0.6 is 22.9 Å². The zero-order valence-electron chi connectivity index (χ0n) is 8.09. The van der Waals surface area contributed by atoms with Gasteiger partial charge >= 0.3 is 0 Å². The summed E-state index contributed by atoms with van der Waals surface area (Å²) in [5, 5.41) is 16.4. The topological polar surface area (TPSA) is 60.7 Å². The number of aromatic nitrogens is 1. The molecule has 1 fully saturated rings. The maximum atomic E-state index is 8.73. The van der Waals surface area contributed by atoms with Crippen molar-refractivity contribution in [1.29, 1.82) is 5.26 Å². The Morgan fingerprint density at radius 3 is 3.13 bits per heavy atom. The summed E-state index contributed by atoms with van der Waals surface area (Å²) >= 11 is 7.09. The van der Waals surface area contributed by atoms with Gasteiger partial charge in [0.15, 0.2) is 10.3 Å². The minimum atomic E-state index is 0.300. The molecular weight excluding hydrogens is 232 g/mol. The Balaban J connectivity index is 2.01. The van der Waals surface area contributed by atoms with E-state index in [9.17, 15) is 0 Å². The highest BCUT2D eigenvalue weighted by molar-refractivity contribution is 7.16. The smallest absolute Gasteiger partial charge is 0.185 e. The summed E-state index contributed by atoms with van der Waals surface area (Å²) < 4.78 is 0. The fourth-order valence-corrected chi connectivity index (χ4v) is 2.61. The zero-order valence-corrected chi connectivity index (χ0v) is 9.66. The highest BCUT2D eigenvalue weighted by Crippen LogP contribution is 2.26. The molecule has 1 saturated heterocycles. The first-order valence-corrected chi connectivity index (χ1v) is 6.02. The first kappa shape index (κ1) is 10.7. The molecule has 0 radical (unpaired) electrons. The molecule has 1 aromatic heterocycles. The van der Waals surface area contributed by atoms with Crippen molar-refractivity contribution in [2.75, 3.05) is 18.4 Å². The number of thiazole rings is 1. The van der Waals surface area contributed by atoms with Crippen molar-refractivity contribution in [2.45, 2.75) is 18.9 Å². The molecule has 2 heterocycles. The molecular formula is C9H11ClN4S. The lowest BCUT2D eigenvalue weighted by atomic mass is 10.1.